The van der Waals surface area contributed by atoms with Crippen LogP contribution in [0.3, 0.4) is 0 Å². The lowest BCUT2D eigenvalue weighted by molar-refractivity contribution is -0.132. The summed E-state index contributed by atoms with van der Waals surface area (Å²) in [6, 6.07) is 3.82. The summed E-state index contributed by atoms with van der Waals surface area (Å²) in [7, 11) is 0. The van der Waals surface area contributed by atoms with Crippen LogP contribution in [0.1, 0.15) is 40.4 Å². The first-order valence-corrected chi connectivity index (χ1v) is 6.62. The van der Waals surface area contributed by atoms with Gasteiger partial charge in [0, 0.05) is 17.6 Å². The van der Waals surface area contributed by atoms with Crippen molar-refractivity contribution in [2.75, 3.05) is 0 Å². The van der Waals surface area contributed by atoms with E-state index in [1.165, 1.54) is 0 Å². The summed E-state index contributed by atoms with van der Waals surface area (Å²) >= 11 is 0. The maximum atomic E-state index is 11.6. The molecule has 2 rings (SSSR count). The topological polar surface area (TPSA) is 54.4 Å². The Hall–Kier alpha value is -2.16. The van der Waals surface area contributed by atoms with E-state index in [2.05, 4.69) is 0 Å². The van der Waals surface area contributed by atoms with Crippen LogP contribution in [0.2, 0.25) is 0 Å². The van der Waals surface area contributed by atoms with Crippen LogP contribution >= 0.6 is 0 Å². The van der Waals surface area contributed by atoms with Crippen LogP contribution in [-0.2, 0) is 11.2 Å². The van der Waals surface area contributed by atoms with Gasteiger partial charge in [-0.2, -0.15) is 0 Å². The molecule has 0 aromatic heterocycles. The molecule has 1 aromatic rings. The first kappa shape index (κ1) is 14.3. The van der Waals surface area contributed by atoms with Crippen molar-refractivity contribution in [2.24, 2.45) is 0 Å². The van der Waals surface area contributed by atoms with E-state index in [0.717, 1.165) is 27.8 Å². The van der Waals surface area contributed by atoms with Gasteiger partial charge in [0.05, 0.1) is 0 Å². The number of hydrogen-bond donors (Lipinski definition) is 1. The summed E-state index contributed by atoms with van der Waals surface area (Å²) in [5.74, 6) is -0.796. The standard InChI is InChI=1S/C17H18O3/c1-10-4-7-15(12(3)18)11(2)16(10)9-13-5-6-14(8-13)17(19)20/h4-7H,8-9H2,1-3H3,(H,19,20). The van der Waals surface area contributed by atoms with Crippen LogP contribution in [0.25, 0.3) is 0 Å². The fourth-order valence-corrected chi connectivity index (χ4v) is 2.62. The summed E-state index contributed by atoms with van der Waals surface area (Å²) in [5.41, 5.74) is 5.52. The number of allylic oxidation sites excluding steroid dienone is 3. The maximum Gasteiger partial charge on any atom is 0.331 e. The summed E-state index contributed by atoms with van der Waals surface area (Å²) in [6.45, 7) is 5.55. The fraction of sp³-hybridized carbons (Fsp3) is 0.294. The number of aryl methyl sites for hydroxylation is 1. The zero-order chi connectivity index (χ0) is 14.9. The Labute approximate surface area is 118 Å². The molecule has 0 heterocycles. The molecule has 0 spiro atoms. The molecule has 1 aromatic carbocycles. The molecular formula is C17H18O3. The van der Waals surface area contributed by atoms with Gasteiger partial charge >= 0.3 is 5.97 Å². The minimum Gasteiger partial charge on any atom is -0.478 e. The molecule has 104 valence electrons. The van der Waals surface area contributed by atoms with E-state index < -0.39 is 5.97 Å². The third-order valence-corrected chi connectivity index (χ3v) is 3.83. The van der Waals surface area contributed by atoms with Gasteiger partial charge in [0.15, 0.2) is 5.78 Å². The number of carboxylic acids is 1. The van der Waals surface area contributed by atoms with Crippen molar-refractivity contribution in [2.45, 2.75) is 33.6 Å². The van der Waals surface area contributed by atoms with Crippen LogP contribution < -0.4 is 0 Å². The lowest BCUT2D eigenvalue weighted by Crippen LogP contribution is -2.04. The van der Waals surface area contributed by atoms with Crippen LogP contribution in [0.5, 0.6) is 0 Å². The van der Waals surface area contributed by atoms with E-state index in [1.54, 1.807) is 13.0 Å². The fourth-order valence-electron chi connectivity index (χ4n) is 2.62. The van der Waals surface area contributed by atoms with Crippen molar-refractivity contribution in [3.8, 4) is 0 Å². The minimum atomic E-state index is -0.859. The molecule has 0 radical (unpaired) electrons. The molecule has 0 amide bonds. The Bertz CT molecular complexity index is 648. The normalized spacial score (nSPS) is 13.9. The third kappa shape index (κ3) is 2.72. The second-order valence-corrected chi connectivity index (χ2v) is 5.27. The van der Waals surface area contributed by atoms with Gasteiger partial charge in [0.2, 0.25) is 0 Å². The highest BCUT2D eigenvalue weighted by molar-refractivity contribution is 5.96. The number of carbonyl (C=O) groups excluding carboxylic acids is 1. The van der Waals surface area contributed by atoms with Gasteiger partial charge in [-0.25, -0.2) is 4.79 Å². The van der Waals surface area contributed by atoms with Gasteiger partial charge < -0.3 is 5.11 Å². The number of hydrogen-bond acceptors (Lipinski definition) is 2. The average molecular weight is 270 g/mol. The highest BCUT2D eigenvalue weighted by Crippen LogP contribution is 2.27. The molecule has 3 heteroatoms. The van der Waals surface area contributed by atoms with Crippen molar-refractivity contribution >= 4 is 11.8 Å². The zero-order valence-corrected chi connectivity index (χ0v) is 12.0. The largest absolute Gasteiger partial charge is 0.478 e. The van der Waals surface area contributed by atoms with E-state index in [4.69, 9.17) is 5.11 Å². The SMILES string of the molecule is CC(=O)c1ccc(C)c(CC2=CC=C(C(=O)O)C2)c1C. The maximum absolute atomic E-state index is 11.6. The number of rotatable bonds is 4. The monoisotopic (exact) mass is 270 g/mol. The number of carbonyl (C=O) groups is 2. The first-order valence-electron chi connectivity index (χ1n) is 6.62. The summed E-state index contributed by atoms with van der Waals surface area (Å²) < 4.78 is 0. The molecule has 0 unspecified atom stereocenters. The van der Waals surface area contributed by atoms with Gasteiger partial charge in [0.25, 0.3) is 0 Å². The van der Waals surface area contributed by atoms with Gasteiger partial charge in [-0.1, -0.05) is 29.9 Å². The van der Waals surface area contributed by atoms with Crippen molar-refractivity contribution < 1.29 is 14.7 Å². The lowest BCUT2D eigenvalue weighted by Gasteiger charge is -2.14. The number of ketones is 1. The number of benzene rings is 1. The molecule has 20 heavy (non-hydrogen) atoms. The van der Waals surface area contributed by atoms with Gasteiger partial charge in [0.1, 0.15) is 0 Å². The smallest absolute Gasteiger partial charge is 0.331 e. The Morgan fingerprint density at radius 1 is 1.20 bits per heavy atom. The predicted octanol–water partition coefficient (Wildman–Crippen LogP) is 3.39. The molecule has 1 aliphatic rings. The number of Topliss-reactive ketones (excluding diaryl/α,β-unsaturated/α-hetero) is 1. The Balaban J connectivity index is 2.26. The quantitative estimate of drug-likeness (QED) is 0.853. The first-order chi connectivity index (χ1) is 9.40. The van der Waals surface area contributed by atoms with E-state index in [0.29, 0.717) is 18.4 Å². The van der Waals surface area contributed by atoms with Gasteiger partial charge in [-0.15, -0.1) is 0 Å². The van der Waals surface area contributed by atoms with Gasteiger partial charge in [-0.3, -0.25) is 4.79 Å². The predicted molar refractivity (Wildman–Crippen MR) is 78.0 cm³/mol. The van der Waals surface area contributed by atoms with E-state index in [9.17, 15) is 9.59 Å². The Morgan fingerprint density at radius 3 is 2.45 bits per heavy atom. The zero-order valence-electron chi connectivity index (χ0n) is 12.0. The molecule has 0 saturated heterocycles. The Kier molecular flexibility index (Phi) is 3.89. The van der Waals surface area contributed by atoms with Crippen molar-refractivity contribution in [3.63, 3.8) is 0 Å². The highest BCUT2D eigenvalue weighted by Gasteiger charge is 2.17. The third-order valence-electron chi connectivity index (χ3n) is 3.83. The van der Waals surface area contributed by atoms with E-state index in [1.807, 2.05) is 32.1 Å². The van der Waals surface area contributed by atoms with Crippen molar-refractivity contribution in [3.05, 3.63) is 57.7 Å². The molecular weight excluding hydrogens is 252 g/mol. The number of carboxylic acid groups (broad SMARTS) is 1. The summed E-state index contributed by atoms with van der Waals surface area (Å²) in [6.07, 6.45) is 4.73. The molecule has 0 saturated carbocycles. The van der Waals surface area contributed by atoms with Gasteiger partial charge in [-0.05, 0) is 43.9 Å². The summed E-state index contributed by atoms with van der Waals surface area (Å²) in [5, 5.41) is 8.98. The lowest BCUT2D eigenvalue weighted by atomic mass is 9.91. The van der Waals surface area contributed by atoms with Crippen LogP contribution in [0.4, 0.5) is 0 Å². The second kappa shape index (κ2) is 5.45. The number of aliphatic carboxylic acids is 1. The molecule has 0 aliphatic heterocycles. The minimum absolute atomic E-state index is 0.0634. The van der Waals surface area contributed by atoms with E-state index >= 15 is 0 Å². The molecule has 0 bridgehead atoms. The van der Waals surface area contributed by atoms with Crippen LogP contribution in [0, 0.1) is 13.8 Å². The summed E-state index contributed by atoms with van der Waals surface area (Å²) in [4.78, 5) is 22.5. The Morgan fingerprint density at radius 2 is 1.90 bits per heavy atom. The molecule has 3 nitrogen and oxygen atoms in total. The van der Waals surface area contributed by atoms with Crippen LogP contribution in [-0.4, -0.2) is 16.9 Å². The molecule has 0 fully saturated rings. The molecule has 0 atom stereocenters. The molecule has 1 N–H and O–H groups in total. The second-order valence-electron chi connectivity index (χ2n) is 5.27. The van der Waals surface area contributed by atoms with Crippen molar-refractivity contribution in [1.82, 2.24) is 0 Å². The highest BCUT2D eigenvalue weighted by atomic mass is 16.4. The van der Waals surface area contributed by atoms with Crippen molar-refractivity contribution in [1.29, 1.82) is 0 Å². The van der Waals surface area contributed by atoms with E-state index in [-0.39, 0.29) is 5.78 Å². The van der Waals surface area contributed by atoms with Crippen LogP contribution in [0.15, 0.2) is 35.4 Å². The molecule has 1 aliphatic carbocycles. The average Bonchev–Trinajstić information content (AvgIpc) is 2.82.